The molecular formula is C33H33ClN4O3. The molecule has 41 heavy (non-hydrogen) atoms. The number of para-hydroxylation sites is 1. The maximum absolute atomic E-state index is 13.9. The van der Waals surface area contributed by atoms with Crippen molar-refractivity contribution in [2.75, 3.05) is 13.1 Å². The van der Waals surface area contributed by atoms with Gasteiger partial charge in [0.1, 0.15) is 11.7 Å². The molecule has 0 saturated carbocycles. The highest BCUT2D eigenvalue weighted by molar-refractivity contribution is 6.34. The van der Waals surface area contributed by atoms with Crippen LogP contribution in [-0.2, 0) is 4.79 Å². The van der Waals surface area contributed by atoms with Crippen LogP contribution >= 0.6 is 11.6 Å². The zero-order chi connectivity index (χ0) is 28.9. The topological polar surface area (TPSA) is 85.5 Å². The van der Waals surface area contributed by atoms with E-state index in [1.54, 1.807) is 12.1 Å². The van der Waals surface area contributed by atoms with Crippen molar-refractivity contribution >= 4 is 40.2 Å². The molecular weight excluding hydrogens is 536 g/mol. The minimum atomic E-state index is -0.720. The number of benzene rings is 3. The number of halogens is 1. The second-order valence-corrected chi connectivity index (χ2v) is 12.5. The lowest BCUT2D eigenvalue weighted by Gasteiger charge is -2.39. The molecule has 210 valence electrons. The third kappa shape index (κ3) is 5.10. The Balaban J connectivity index is 1.17. The summed E-state index contributed by atoms with van der Waals surface area (Å²) < 4.78 is 0. The van der Waals surface area contributed by atoms with Crippen molar-refractivity contribution in [2.45, 2.75) is 45.3 Å². The Morgan fingerprint density at radius 2 is 1.56 bits per heavy atom. The summed E-state index contributed by atoms with van der Waals surface area (Å²) in [5, 5.41) is 4.35. The van der Waals surface area contributed by atoms with Crippen LogP contribution in [0.1, 0.15) is 48.0 Å². The first-order valence-electron chi connectivity index (χ1n) is 13.9. The van der Waals surface area contributed by atoms with Gasteiger partial charge in [-0.1, -0.05) is 87.0 Å². The van der Waals surface area contributed by atoms with Gasteiger partial charge in [-0.15, -0.1) is 0 Å². The van der Waals surface area contributed by atoms with Crippen molar-refractivity contribution in [3.05, 3.63) is 95.1 Å². The van der Waals surface area contributed by atoms with Gasteiger partial charge in [-0.25, -0.2) is 0 Å². The fourth-order valence-corrected chi connectivity index (χ4v) is 6.26. The van der Waals surface area contributed by atoms with Crippen LogP contribution in [0.15, 0.2) is 78.9 Å². The molecule has 1 aromatic heterocycles. The van der Waals surface area contributed by atoms with Crippen molar-refractivity contribution < 1.29 is 14.4 Å². The lowest BCUT2D eigenvalue weighted by atomic mass is 9.85. The zero-order valence-electron chi connectivity index (χ0n) is 23.4. The Hall–Kier alpha value is -4.10. The zero-order valence-corrected chi connectivity index (χ0v) is 24.1. The third-order valence-electron chi connectivity index (χ3n) is 8.25. The van der Waals surface area contributed by atoms with Crippen LogP contribution in [0.2, 0.25) is 5.02 Å². The van der Waals surface area contributed by atoms with E-state index in [2.05, 4.69) is 10.3 Å². The molecule has 2 bridgehead atoms. The van der Waals surface area contributed by atoms with Gasteiger partial charge in [-0.05, 0) is 47.2 Å². The summed E-state index contributed by atoms with van der Waals surface area (Å²) in [7, 11) is 0. The number of rotatable bonds is 5. The predicted octanol–water partition coefficient (Wildman–Crippen LogP) is 5.76. The molecule has 2 saturated heterocycles. The number of carbonyl (C=O) groups excluding carboxylic acids is 3. The molecule has 2 fully saturated rings. The van der Waals surface area contributed by atoms with Crippen LogP contribution in [0.25, 0.3) is 22.0 Å². The highest BCUT2D eigenvalue weighted by atomic mass is 35.5. The van der Waals surface area contributed by atoms with Crippen LogP contribution < -0.4 is 5.32 Å². The Morgan fingerprint density at radius 3 is 2.24 bits per heavy atom. The summed E-state index contributed by atoms with van der Waals surface area (Å²) in [5.74, 6) is -0.555. The van der Waals surface area contributed by atoms with Crippen LogP contribution in [-0.4, -0.2) is 63.7 Å². The number of nitrogens with zero attached hydrogens (tertiary/aromatic N) is 2. The van der Waals surface area contributed by atoms with E-state index in [1.807, 2.05) is 97.3 Å². The number of amides is 3. The van der Waals surface area contributed by atoms with Crippen LogP contribution in [0.3, 0.4) is 0 Å². The van der Waals surface area contributed by atoms with Gasteiger partial charge in [0.15, 0.2) is 0 Å². The first kappa shape index (κ1) is 27.1. The molecule has 0 radical (unpaired) electrons. The molecule has 3 amide bonds. The monoisotopic (exact) mass is 568 g/mol. The minimum absolute atomic E-state index is 0.0991. The Labute approximate surface area is 244 Å². The molecule has 3 heterocycles. The number of H-pyrrole nitrogens is 1. The SMILES string of the molecule is CC(C)(C)C(NC(=O)c1cc2ccccc2[nH]1)C(=O)N1CC2CC1CN2C(=O)c1cc(-c2ccccc2)ccc1Cl. The summed E-state index contributed by atoms with van der Waals surface area (Å²) in [5.41, 5.74) is 3.19. The number of nitrogens with one attached hydrogen (secondary N) is 2. The first-order valence-corrected chi connectivity index (χ1v) is 14.3. The Bertz CT molecular complexity index is 1610. The van der Waals surface area contributed by atoms with Crippen molar-refractivity contribution in [3.8, 4) is 11.1 Å². The summed E-state index contributed by atoms with van der Waals surface area (Å²) >= 11 is 6.50. The molecule has 3 atom stereocenters. The van der Waals surface area contributed by atoms with E-state index in [9.17, 15) is 14.4 Å². The number of fused-ring (bicyclic) bond motifs is 3. The highest BCUT2D eigenvalue weighted by Gasteiger charge is 2.50. The van der Waals surface area contributed by atoms with Crippen molar-refractivity contribution in [1.82, 2.24) is 20.1 Å². The van der Waals surface area contributed by atoms with Gasteiger partial charge in [0.25, 0.3) is 11.8 Å². The molecule has 6 rings (SSSR count). The smallest absolute Gasteiger partial charge is 0.268 e. The average Bonchev–Trinajstić information content (AvgIpc) is 3.70. The third-order valence-corrected chi connectivity index (χ3v) is 8.58. The van der Waals surface area contributed by atoms with E-state index in [0.29, 0.717) is 35.8 Å². The second kappa shape index (κ2) is 10.4. The van der Waals surface area contributed by atoms with Crippen molar-refractivity contribution in [2.24, 2.45) is 5.41 Å². The maximum atomic E-state index is 13.9. The summed E-state index contributed by atoms with van der Waals surface area (Å²) in [6.45, 7) is 6.72. The molecule has 0 aliphatic carbocycles. The number of aromatic amines is 1. The van der Waals surface area contributed by atoms with Gasteiger partial charge in [0.2, 0.25) is 5.91 Å². The molecule has 7 nitrogen and oxygen atoms in total. The first-order chi connectivity index (χ1) is 19.6. The predicted molar refractivity (Wildman–Crippen MR) is 161 cm³/mol. The second-order valence-electron chi connectivity index (χ2n) is 12.1. The molecule has 2 aliphatic rings. The number of aromatic nitrogens is 1. The molecule has 2 N–H and O–H groups in total. The van der Waals surface area contributed by atoms with E-state index >= 15 is 0 Å². The lowest BCUT2D eigenvalue weighted by molar-refractivity contribution is -0.138. The summed E-state index contributed by atoms with van der Waals surface area (Å²) in [6.07, 6.45) is 0.709. The van der Waals surface area contributed by atoms with Gasteiger partial charge < -0.3 is 20.1 Å². The fourth-order valence-electron chi connectivity index (χ4n) is 6.06. The average molecular weight is 569 g/mol. The summed E-state index contributed by atoms with van der Waals surface area (Å²) in [6, 6.07) is 24.0. The van der Waals surface area contributed by atoms with Crippen molar-refractivity contribution in [3.63, 3.8) is 0 Å². The van der Waals surface area contributed by atoms with Crippen LogP contribution in [0, 0.1) is 5.41 Å². The van der Waals surface area contributed by atoms with E-state index in [1.165, 1.54) is 0 Å². The lowest BCUT2D eigenvalue weighted by Crippen LogP contribution is -2.59. The van der Waals surface area contributed by atoms with E-state index in [0.717, 1.165) is 22.0 Å². The quantitative estimate of drug-likeness (QED) is 0.321. The van der Waals surface area contributed by atoms with E-state index in [4.69, 9.17) is 11.6 Å². The van der Waals surface area contributed by atoms with Crippen molar-refractivity contribution in [1.29, 1.82) is 0 Å². The number of hydrogen-bond acceptors (Lipinski definition) is 3. The van der Waals surface area contributed by atoms with E-state index in [-0.39, 0.29) is 29.8 Å². The van der Waals surface area contributed by atoms with Gasteiger partial charge in [0.05, 0.1) is 22.7 Å². The number of likely N-dealkylation sites (tertiary alicyclic amines) is 2. The Kier molecular flexibility index (Phi) is 6.86. The molecule has 0 spiro atoms. The summed E-state index contributed by atoms with van der Waals surface area (Å²) in [4.78, 5) is 47.6. The fraction of sp³-hybridized carbons (Fsp3) is 0.303. The molecule has 2 aliphatic heterocycles. The highest BCUT2D eigenvalue weighted by Crippen LogP contribution is 2.36. The largest absolute Gasteiger partial charge is 0.351 e. The molecule has 3 aromatic carbocycles. The maximum Gasteiger partial charge on any atom is 0.268 e. The van der Waals surface area contributed by atoms with E-state index < -0.39 is 11.5 Å². The normalized spacial score (nSPS) is 19.0. The van der Waals surface area contributed by atoms with Crippen LogP contribution in [0.4, 0.5) is 0 Å². The van der Waals surface area contributed by atoms with Gasteiger partial charge in [0, 0.05) is 24.0 Å². The minimum Gasteiger partial charge on any atom is -0.351 e. The Morgan fingerprint density at radius 1 is 0.878 bits per heavy atom. The van der Waals surface area contributed by atoms with Gasteiger partial charge in [-0.3, -0.25) is 14.4 Å². The number of carbonyl (C=O) groups is 3. The van der Waals surface area contributed by atoms with Crippen LogP contribution in [0.5, 0.6) is 0 Å². The number of piperazine rings is 1. The molecule has 4 aromatic rings. The number of hydrogen-bond donors (Lipinski definition) is 2. The molecule has 8 heteroatoms. The standard InChI is InChI=1S/C33H33ClN4O3/c1-33(2,3)29(36-30(39)28-16-22-11-7-8-12-27(22)35-28)32(41)38-19-23-17-24(38)18-37(23)31(40)25-15-21(13-14-26(25)34)20-9-5-4-6-10-20/h4-16,23-24,29,35H,17-19H2,1-3H3,(H,36,39). The molecule has 3 unspecified atom stereocenters. The van der Waals surface area contributed by atoms with Gasteiger partial charge >= 0.3 is 0 Å². The van der Waals surface area contributed by atoms with Gasteiger partial charge in [-0.2, -0.15) is 0 Å².